The average Bonchev–Trinajstić information content (AvgIpc) is 2.06. The molecule has 0 aromatic rings. The smallest absolute Gasteiger partial charge is 0.101 e. The molecule has 1 atom stereocenters. The molecule has 0 radical (unpaired) electrons. The molecule has 66 valence electrons. The number of aliphatic hydroxyl groups is 1. The molecular formula is C10H15NO. The molecule has 0 amide bonds. The first-order valence-corrected chi connectivity index (χ1v) is 4.33. The largest absolute Gasteiger partial charge is 0.384 e. The van der Waals surface area contributed by atoms with E-state index in [9.17, 15) is 5.11 Å². The van der Waals surface area contributed by atoms with Gasteiger partial charge in [0.2, 0.25) is 0 Å². The van der Waals surface area contributed by atoms with E-state index in [-0.39, 0.29) is 0 Å². The van der Waals surface area contributed by atoms with Gasteiger partial charge >= 0.3 is 0 Å². The van der Waals surface area contributed by atoms with E-state index < -0.39 is 11.0 Å². The fraction of sp³-hybridized carbons (Fsp3) is 0.700. The second kappa shape index (κ2) is 2.91. The molecule has 0 aromatic heterocycles. The monoisotopic (exact) mass is 165 g/mol. The first kappa shape index (κ1) is 9.28. The summed E-state index contributed by atoms with van der Waals surface area (Å²) in [5, 5.41) is 19.0. The van der Waals surface area contributed by atoms with Gasteiger partial charge in [0.05, 0.1) is 11.5 Å². The summed E-state index contributed by atoms with van der Waals surface area (Å²) in [6.07, 6.45) is 6.42. The second-order valence-electron chi connectivity index (χ2n) is 3.96. The Bertz CT molecular complexity index is 237. The highest BCUT2D eigenvalue weighted by Gasteiger charge is 2.42. The van der Waals surface area contributed by atoms with Gasteiger partial charge in [-0.2, -0.15) is 5.26 Å². The van der Waals surface area contributed by atoms with Gasteiger partial charge in [0, 0.05) is 0 Å². The molecular weight excluding hydrogens is 150 g/mol. The number of nitrogens with zero attached hydrogens (tertiary/aromatic N) is 1. The maximum atomic E-state index is 10.1. The van der Waals surface area contributed by atoms with Crippen LogP contribution in [0.3, 0.4) is 0 Å². The molecule has 1 N–H and O–H groups in total. The van der Waals surface area contributed by atoms with Crippen LogP contribution < -0.4 is 0 Å². The predicted octanol–water partition coefficient (Wildman–Crippen LogP) is 2.01. The van der Waals surface area contributed by atoms with Gasteiger partial charge in [-0.3, -0.25) is 0 Å². The summed E-state index contributed by atoms with van der Waals surface area (Å²) in [5.41, 5.74) is -1.59. The SMILES string of the molecule is CC(C)(C#N)C1(O)C=CCCC1. The van der Waals surface area contributed by atoms with Crippen LogP contribution in [-0.4, -0.2) is 10.7 Å². The number of hydrogen-bond acceptors (Lipinski definition) is 2. The molecule has 12 heavy (non-hydrogen) atoms. The van der Waals surface area contributed by atoms with Crippen molar-refractivity contribution in [3.05, 3.63) is 12.2 Å². The van der Waals surface area contributed by atoms with Crippen LogP contribution in [0.1, 0.15) is 33.1 Å². The van der Waals surface area contributed by atoms with Gasteiger partial charge < -0.3 is 5.11 Å². The third-order valence-electron chi connectivity index (χ3n) is 2.68. The van der Waals surface area contributed by atoms with Crippen molar-refractivity contribution in [3.63, 3.8) is 0 Å². The normalized spacial score (nSPS) is 29.8. The van der Waals surface area contributed by atoms with Crippen molar-refractivity contribution in [3.8, 4) is 6.07 Å². The minimum absolute atomic E-state index is 0.677. The van der Waals surface area contributed by atoms with Crippen LogP contribution in [0.15, 0.2) is 12.2 Å². The molecule has 0 heterocycles. The maximum absolute atomic E-state index is 10.1. The minimum atomic E-state index is -0.917. The van der Waals surface area contributed by atoms with E-state index >= 15 is 0 Å². The molecule has 1 rings (SSSR count). The van der Waals surface area contributed by atoms with E-state index in [0.29, 0.717) is 6.42 Å². The Labute approximate surface area is 73.5 Å². The Morgan fingerprint density at radius 1 is 1.58 bits per heavy atom. The highest BCUT2D eigenvalue weighted by atomic mass is 16.3. The van der Waals surface area contributed by atoms with Crippen LogP contribution in [0.25, 0.3) is 0 Å². The Morgan fingerprint density at radius 3 is 2.67 bits per heavy atom. The van der Waals surface area contributed by atoms with Gasteiger partial charge in [-0.25, -0.2) is 0 Å². The molecule has 0 aliphatic heterocycles. The summed E-state index contributed by atoms with van der Waals surface area (Å²) < 4.78 is 0. The third kappa shape index (κ3) is 1.37. The standard InChI is InChI=1S/C10H15NO/c1-9(2,8-11)10(12)6-4-3-5-7-10/h4,6,12H,3,5,7H2,1-2H3. The van der Waals surface area contributed by atoms with Crippen molar-refractivity contribution in [1.82, 2.24) is 0 Å². The van der Waals surface area contributed by atoms with Crippen molar-refractivity contribution in [2.75, 3.05) is 0 Å². The van der Waals surface area contributed by atoms with Gasteiger partial charge in [0.1, 0.15) is 5.60 Å². The highest BCUT2D eigenvalue weighted by molar-refractivity contribution is 5.17. The summed E-state index contributed by atoms with van der Waals surface area (Å²) >= 11 is 0. The summed E-state index contributed by atoms with van der Waals surface area (Å²) in [6.45, 7) is 3.56. The third-order valence-corrected chi connectivity index (χ3v) is 2.68. The van der Waals surface area contributed by atoms with Crippen molar-refractivity contribution in [1.29, 1.82) is 5.26 Å². The zero-order valence-corrected chi connectivity index (χ0v) is 7.67. The first-order chi connectivity index (χ1) is 5.52. The van der Waals surface area contributed by atoms with Crippen LogP contribution in [-0.2, 0) is 0 Å². The molecule has 2 heteroatoms. The van der Waals surface area contributed by atoms with Crippen molar-refractivity contribution in [2.24, 2.45) is 5.41 Å². The lowest BCUT2D eigenvalue weighted by molar-refractivity contribution is -0.00558. The fourth-order valence-corrected chi connectivity index (χ4v) is 1.47. The number of hydrogen-bond donors (Lipinski definition) is 1. The quantitative estimate of drug-likeness (QED) is 0.604. The van der Waals surface area contributed by atoms with E-state index in [2.05, 4.69) is 6.07 Å². The van der Waals surface area contributed by atoms with Crippen LogP contribution in [0.2, 0.25) is 0 Å². The van der Waals surface area contributed by atoms with Crippen LogP contribution in [0, 0.1) is 16.7 Å². The summed E-state index contributed by atoms with van der Waals surface area (Å²) in [7, 11) is 0. The number of nitriles is 1. The minimum Gasteiger partial charge on any atom is -0.384 e. The van der Waals surface area contributed by atoms with Crippen LogP contribution in [0.5, 0.6) is 0 Å². The van der Waals surface area contributed by atoms with Gasteiger partial charge in [-0.1, -0.05) is 12.2 Å². The van der Waals surface area contributed by atoms with E-state index in [0.717, 1.165) is 12.8 Å². The van der Waals surface area contributed by atoms with Crippen molar-refractivity contribution < 1.29 is 5.11 Å². The van der Waals surface area contributed by atoms with E-state index in [1.54, 1.807) is 19.9 Å². The topological polar surface area (TPSA) is 44.0 Å². The summed E-state index contributed by atoms with van der Waals surface area (Å²) in [4.78, 5) is 0. The van der Waals surface area contributed by atoms with Crippen molar-refractivity contribution >= 4 is 0 Å². The second-order valence-corrected chi connectivity index (χ2v) is 3.96. The Kier molecular flexibility index (Phi) is 2.25. The summed E-state index contributed by atoms with van der Waals surface area (Å²) in [6, 6.07) is 2.15. The predicted molar refractivity (Wildman–Crippen MR) is 47.3 cm³/mol. The van der Waals surface area contributed by atoms with Crippen LogP contribution >= 0.6 is 0 Å². The van der Waals surface area contributed by atoms with Crippen LogP contribution in [0.4, 0.5) is 0 Å². The fourth-order valence-electron chi connectivity index (χ4n) is 1.47. The number of allylic oxidation sites excluding steroid dienone is 1. The van der Waals surface area contributed by atoms with E-state index in [1.807, 2.05) is 6.08 Å². The lowest BCUT2D eigenvalue weighted by Gasteiger charge is -2.37. The molecule has 0 saturated carbocycles. The van der Waals surface area contributed by atoms with Gasteiger partial charge in [0.15, 0.2) is 0 Å². The Morgan fingerprint density at radius 2 is 2.25 bits per heavy atom. The Balaban J connectivity index is 2.92. The molecule has 0 bridgehead atoms. The lowest BCUT2D eigenvalue weighted by atomic mass is 9.71. The highest BCUT2D eigenvalue weighted by Crippen LogP contribution is 2.37. The number of rotatable bonds is 1. The zero-order valence-electron chi connectivity index (χ0n) is 7.67. The van der Waals surface area contributed by atoms with Crippen molar-refractivity contribution in [2.45, 2.75) is 38.7 Å². The maximum Gasteiger partial charge on any atom is 0.101 e. The lowest BCUT2D eigenvalue weighted by Crippen LogP contribution is -2.42. The molecule has 2 nitrogen and oxygen atoms in total. The molecule has 1 unspecified atom stereocenters. The van der Waals surface area contributed by atoms with E-state index in [1.165, 1.54) is 0 Å². The van der Waals surface area contributed by atoms with Gasteiger partial charge in [0.25, 0.3) is 0 Å². The van der Waals surface area contributed by atoms with E-state index in [4.69, 9.17) is 5.26 Å². The van der Waals surface area contributed by atoms with Gasteiger partial charge in [-0.05, 0) is 33.1 Å². The molecule has 0 saturated heterocycles. The van der Waals surface area contributed by atoms with Gasteiger partial charge in [-0.15, -0.1) is 0 Å². The first-order valence-electron chi connectivity index (χ1n) is 4.33. The molecule has 1 aliphatic rings. The summed E-state index contributed by atoms with van der Waals surface area (Å²) in [5.74, 6) is 0. The zero-order chi connectivity index (χ0) is 9.24. The molecule has 0 aromatic carbocycles. The molecule has 0 spiro atoms. The average molecular weight is 165 g/mol. The molecule has 0 fully saturated rings. The molecule has 1 aliphatic carbocycles. The Hall–Kier alpha value is -0.810.